The summed E-state index contributed by atoms with van der Waals surface area (Å²) in [4.78, 5) is 16.7. The molecule has 1 unspecified atom stereocenters. The zero-order valence-corrected chi connectivity index (χ0v) is 10.7. The minimum atomic E-state index is -0.406. The molecule has 1 aliphatic rings. The highest BCUT2D eigenvalue weighted by Gasteiger charge is 2.20. The monoisotopic (exact) mass is 250 g/mol. The van der Waals surface area contributed by atoms with Gasteiger partial charge in [-0.3, -0.25) is 10.1 Å². The molecule has 1 fully saturated rings. The van der Waals surface area contributed by atoms with Crippen LogP contribution >= 0.6 is 0 Å². The fraction of sp³-hybridized carbons (Fsp3) is 0.583. The fourth-order valence-electron chi connectivity index (χ4n) is 2.30. The van der Waals surface area contributed by atoms with Gasteiger partial charge < -0.3 is 10.2 Å². The summed E-state index contributed by atoms with van der Waals surface area (Å²) in [6, 6.07) is 2.26. The molecule has 18 heavy (non-hydrogen) atoms. The molecule has 1 atom stereocenters. The van der Waals surface area contributed by atoms with Gasteiger partial charge >= 0.3 is 0 Å². The van der Waals surface area contributed by atoms with Crippen LogP contribution in [-0.2, 0) is 0 Å². The molecule has 2 rings (SSSR count). The molecule has 2 heterocycles. The average molecular weight is 250 g/mol. The van der Waals surface area contributed by atoms with Crippen molar-refractivity contribution in [1.29, 1.82) is 0 Å². The summed E-state index contributed by atoms with van der Waals surface area (Å²) < 4.78 is 0. The Morgan fingerprint density at radius 3 is 3.00 bits per heavy atom. The molecule has 1 aromatic rings. The van der Waals surface area contributed by atoms with E-state index in [2.05, 4.69) is 22.2 Å². The molecule has 1 saturated heterocycles. The lowest BCUT2D eigenvalue weighted by molar-refractivity contribution is -0.385. The Kier molecular flexibility index (Phi) is 3.76. The Morgan fingerprint density at radius 2 is 2.44 bits per heavy atom. The molecular formula is C12H18N4O2. The molecule has 0 spiro atoms. The molecule has 1 aliphatic heterocycles. The van der Waals surface area contributed by atoms with Crippen molar-refractivity contribution in [2.75, 3.05) is 25.5 Å². The summed E-state index contributed by atoms with van der Waals surface area (Å²) in [5.74, 6) is 0.707. The topological polar surface area (TPSA) is 71.3 Å². The molecule has 0 radical (unpaired) electrons. The number of anilines is 1. The fourth-order valence-corrected chi connectivity index (χ4v) is 2.30. The number of nitrogens with one attached hydrogen (secondary N) is 1. The van der Waals surface area contributed by atoms with Gasteiger partial charge in [-0.15, -0.1) is 0 Å². The van der Waals surface area contributed by atoms with E-state index in [9.17, 15) is 10.1 Å². The zero-order valence-electron chi connectivity index (χ0n) is 10.7. The summed E-state index contributed by atoms with van der Waals surface area (Å²) in [5, 5.41) is 13.9. The van der Waals surface area contributed by atoms with Gasteiger partial charge in [-0.1, -0.05) is 0 Å². The first-order chi connectivity index (χ1) is 8.58. The molecule has 1 aromatic heterocycles. The van der Waals surface area contributed by atoms with Crippen LogP contribution in [-0.4, -0.2) is 41.0 Å². The van der Waals surface area contributed by atoms with Crippen LogP contribution in [0.2, 0.25) is 0 Å². The van der Waals surface area contributed by atoms with E-state index in [-0.39, 0.29) is 5.69 Å². The van der Waals surface area contributed by atoms with Gasteiger partial charge in [0.15, 0.2) is 0 Å². The standard InChI is InChI=1S/C12H18N4O2/c1-9-6-12(14-8-11(9)16(17)18)13-7-10-4-3-5-15(10)2/h6,8,10H,3-5,7H2,1-2H3,(H,13,14). The number of hydrogen-bond acceptors (Lipinski definition) is 5. The summed E-state index contributed by atoms with van der Waals surface area (Å²) in [6.07, 6.45) is 3.74. The van der Waals surface area contributed by atoms with Crippen molar-refractivity contribution in [3.63, 3.8) is 0 Å². The van der Waals surface area contributed by atoms with Crippen molar-refractivity contribution in [1.82, 2.24) is 9.88 Å². The summed E-state index contributed by atoms with van der Waals surface area (Å²) in [5.41, 5.74) is 0.704. The minimum absolute atomic E-state index is 0.0681. The number of nitro groups is 1. The van der Waals surface area contributed by atoms with E-state index in [1.165, 1.54) is 19.0 Å². The van der Waals surface area contributed by atoms with Crippen LogP contribution in [0.3, 0.4) is 0 Å². The maximum atomic E-state index is 10.7. The molecule has 1 N–H and O–H groups in total. The largest absolute Gasteiger partial charge is 0.368 e. The van der Waals surface area contributed by atoms with Gasteiger partial charge in [0, 0.05) is 18.2 Å². The minimum Gasteiger partial charge on any atom is -0.368 e. The number of aromatic nitrogens is 1. The zero-order chi connectivity index (χ0) is 13.1. The predicted octanol–water partition coefficient (Wildman–Crippen LogP) is 1.80. The van der Waals surface area contributed by atoms with E-state index in [4.69, 9.17) is 0 Å². The molecule has 0 aliphatic carbocycles. The Balaban J connectivity index is 1.98. The van der Waals surface area contributed by atoms with Gasteiger partial charge in [-0.25, -0.2) is 4.98 Å². The van der Waals surface area contributed by atoms with E-state index in [0.717, 1.165) is 13.1 Å². The number of pyridine rings is 1. The van der Waals surface area contributed by atoms with Crippen molar-refractivity contribution in [3.05, 3.63) is 27.9 Å². The van der Waals surface area contributed by atoms with Crippen LogP contribution in [0.25, 0.3) is 0 Å². The number of likely N-dealkylation sites (tertiary alicyclic amines) is 1. The van der Waals surface area contributed by atoms with Crippen LogP contribution in [0.15, 0.2) is 12.3 Å². The van der Waals surface area contributed by atoms with Crippen LogP contribution in [0, 0.1) is 17.0 Å². The molecular weight excluding hydrogens is 232 g/mol. The van der Waals surface area contributed by atoms with Crippen molar-refractivity contribution in [2.24, 2.45) is 0 Å². The first-order valence-corrected chi connectivity index (χ1v) is 6.13. The van der Waals surface area contributed by atoms with Gasteiger partial charge in [0.1, 0.15) is 12.0 Å². The lowest BCUT2D eigenvalue weighted by atomic mass is 10.2. The summed E-state index contributed by atoms with van der Waals surface area (Å²) >= 11 is 0. The van der Waals surface area contributed by atoms with Gasteiger partial charge in [0.2, 0.25) is 0 Å². The van der Waals surface area contributed by atoms with E-state index in [1.807, 2.05) is 0 Å². The van der Waals surface area contributed by atoms with Crippen LogP contribution in [0.5, 0.6) is 0 Å². The molecule has 6 heteroatoms. The third-order valence-corrected chi connectivity index (χ3v) is 3.47. The Morgan fingerprint density at radius 1 is 1.67 bits per heavy atom. The second-order valence-corrected chi connectivity index (χ2v) is 4.77. The normalized spacial score (nSPS) is 20.0. The Hall–Kier alpha value is -1.69. The molecule has 0 amide bonds. The SMILES string of the molecule is Cc1cc(NCC2CCCN2C)ncc1[N+](=O)[O-]. The van der Waals surface area contributed by atoms with Gasteiger partial charge in [-0.2, -0.15) is 0 Å². The first kappa shape index (κ1) is 12.8. The van der Waals surface area contributed by atoms with Crippen LogP contribution in [0.1, 0.15) is 18.4 Å². The molecule has 6 nitrogen and oxygen atoms in total. The molecule has 0 saturated carbocycles. The summed E-state index contributed by atoms with van der Waals surface area (Å²) in [6.45, 7) is 3.70. The first-order valence-electron chi connectivity index (χ1n) is 6.13. The van der Waals surface area contributed by atoms with E-state index >= 15 is 0 Å². The quantitative estimate of drug-likeness (QED) is 0.651. The Bertz CT molecular complexity index is 450. The smallest absolute Gasteiger partial charge is 0.290 e. The van der Waals surface area contributed by atoms with Crippen molar-refractivity contribution >= 4 is 11.5 Å². The van der Waals surface area contributed by atoms with Gasteiger partial charge in [0.05, 0.1) is 4.92 Å². The maximum Gasteiger partial charge on any atom is 0.290 e. The van der Waals surface area contributed by atoms with Crippen molar-refractivity contribution in [3.8, 4) is 0 Å². The van der Waals surface area contributed by atoms with Gasteiger partial charge in [-0.05, 0) is 39.4 Å². The third kappa shape index (κ3) is 2.76. The molecule has 0 aromatic carbocycles. The van der Waals surface area contributed by atoms with Crippen molar-refractivity contribution < 1.29 is 4.92 Å². The number of rotatable bonds is 4. The number of aryl methyl sites for hydroxylation is 1. The van der Waals surface area contributed by atoms with E-state index in [0.29, 0.717) is 17.4 Å². The highest BCUT2D eigenvalue weighted by molar-refractivity contribution is 5.46. The lowest BCUT2D eigenvalue weighted by Gasteiger charge is -2.19. The lowest BCUT2D eigenvalue weighted by Crippen LogP contribution is -2.31. The second-order valence-electron chi connectivity index (χ2n) is 4.77. The number of nitrogens with zero attached hydrogens (tertiary/aromatic N) is 3. The molecule has 98 valence electrons. The Labute approximate surface area is 106 Å². The number of hydrogen-bond donors (Lipinski definition) is 1. The van der Waals surface area contributed by atoms with Gasteiger partial charge in [0.25, 0.3) is 5.69 Å². The second kappa shape index (κ2) is 5.30. The average Bonchev–Trinajstić information content (AvgIpc) is 2.72. The highest BCUT2D eigenvalue weighted by Crippen LogP contribution is 2.20. The van der Waals surface area contributed by atoms with Crippen LogP contribution in [0.4, 0.5) is 11.5 Å². The highest BCUT2D eigenvalue weighted by atomic mass is 16.6. The van der Waals surface area contributed by atoms with E-state index in [1.54, 1.807) is 13.0 Å². The maximum absolute atomic E-state index is 10.7. The van der Waals surface area contributed by atoms with E-state index < -0.39 is 4.92 Å². The van der Waals surface area contributed by atoms with Crippen LogP contribution < -0.4 is 5.32 Å². The predicted molar refractivity (Wildman–Crippen MR) is 69.8 cm³/mol. The third-order valence-electron chi connectivity index (χ3n) is 3.47. The number of likely N-dealkylation sites (N-methyl/N-ethyl adjacent to an activating group) is 1. The van der Waals surface area contributed by atoms with Crippen molar-refractivity contribution in [2.45, 2.75) is 25.8 Å². The molecule has 0 bridgehead atoms. The summed E-state index contributed by atoms with van der Waals surface area (Å²) in [7, 11) is 2.12.